The minimum absolute atomic E-state index is 0.0460. The molecule has 1 aliphatic heterocycles. The van der Waals surface area contributed by atoms with Crippen LogP contribution in [0.25, 0.3) is 0 Å². The molecule has 0 saturated heterocycles. The number of phenols is 1. The first-order chi connectivity index (χ1) is 11.1. The standard InChI is InChI=1S/C18H20N2O3/c1-11-4-6-16(21)13(8-11)15-10-14(19-20-15)12-5-7-17(22-2)18(9-12)23-3/h4-9,14,19,21H,10H2,1-3H3/t14-/m1/s1. The van der Waals surface area contributed by atoms with Crippen LogP contribution in [0, 0.1) is 6.92 Å². The van der Waals surface area contributed by atoms with Crippen LogP contribution >= 0.6 is 0 Å². The summed E-state index contributed by atoms with van der Waals surface area (Å²) in [6.45, 7) is 2.00. The third-order valence-electron chi connectivity index (χ3n) is 4.03. The van der Waals surface area contributed by atoms with Crippen LogP contribution in [0.2, 0.25) is 0 Å². The number of aromatic hydroxyl groups is 1. The van der Waals surface area contributed by atoms with Crippen LogP contribution in [0.3, 0.4) is 0 Å². The zero-order valence-electron chi connectivity index (χ0n) is 13.5. The lowest BCUT2D eigenvalue weighted by Gasteiger charge is -2.14. The van der Waals surface area contributed by atoms with E-state index in [9.17, 15) is 5.11 Å². The molecule has 0 aliphatic carbocycles. The van der Waals surface area contributed by atoms with Crippen LogP contribution in [-0.2, 0) is 0 Å². The summed E-state index contributed by atoms with van der Waals surface area (Å²) in [5, 5.41) is 14.5. The second-order valence-corrected chi connectivity index (χ2v) is 5.58. The Morgan fingerprint density at radius 2 is 1.87 bits per heavy atom. The van der Waals surface area contributed by atoms with Gasteiger partial charge in [0.25, 0.3) is 0 Å². The Balaban J connectivity index is 1.83. The van der Waals surface area contributed by atoms with Gasteiger partial charge in [0.1, 0.15) is 5.75 Å². The fourth-order valence-corrected chi connectivity index (χ4v) is 2.75. The average Bonchev–Trinajstić information content (AvgIpc) is 3.06. The molecule has 2 aromatic carbocycles. The largest absolute Gasteiger partial charge is 0.507 e. The van der Waals surface area contributed by atoms with Crippen LogP contribution in [0.15, 0.2) is 41.5 Å². The molecule has 0 aromatic heterocycles. The molecular weight excluding hydrogens is 292 g/mol. The number of hydrogen-bond donors (Lipinski definition) is 2. The molecule has 2 aromatic rings. The van der Waals surface area contributed by atoms with Crippen LogP contribution < -0.4 is 14.9 Å². The van der Waals surface area contributed by atoms with E-state index in [1.165, 1.54) is 0 Å². The van der Waals surface area contributed by atoms with Gasteiger partial charge in [0, 0.05) is 12.0 Å². The molecule has 0 amide bonds. The van der Waals surface area contributed by atoms with Gasteiger partial charge in [-0.15, -0.1) is 0 Å². The third-order valence-corrected chi connectivity index (χ3v) is 4.03. The maximum absolute atomic E-state index is 10.1. The number of nitrogens with one attached hydrogen (secondary N) is 1. The highest BCUT2D eigenvalue weighted by atomic mass is 16.5. The maximum Gasteiger partial charge on any atom is 0.161 e. The number of nitrogens with zero attached hydrogens (tertiary/aromatic N) is 1. The Morgan fingerprint density at radius 1 is 1.09 bits per heavy atom. The zero-order valence-corrected chi connectivity index (χ0v) is 13.5. The fourth-order valence-electron chi connectivity index (χ4n) is 2.75. The summed E-state index contributed by atoms with van der Waals surface area (Å²) in [6.07, 6.45) is 0.701. The lowest BCUT2D eigenvalue weighted by atomic mass is 9.97. The van der Waals surface area contributed by atoms with Crippen LogP contribution in [-0.4, -0.2) is 25.0 Å². The Bertz CT molecular complexity index is 756. The van der Waals surface area contributed by atoms with Gasteiger partial charge >= 0.3 is 0 Å². The van der Waals surface area contributed by atoms with Crippen molar-refractivity contribution in [3.63, 3.8) is 0 Å². The zero-order chi connectivity index (χ0) is 16.4. The first-order valence-corrected chi connectivity index (χ1v) is 7.46. The molecule has 5 nitrogen and oxygen atoms in total. The van der Waals surface area contributed by atoms with Gasteiger partial charge < -0.3 is 20.0 Å². The van der Waals surface area contributed by atoms with Gasteiger partial charge in [-0.2, -0.15) is 5.10 Å². The smallest absolute Gasteiger partial charge is 0.161 e. The predicted octanol–water partition coefficient (Wildman–Crippen LogP) is 3.16. The van der Waals surface area contributed by atoms with E-state index in [1.807, 2.05) is 37.3 Å². The number of hydrazone groups is 1. The summed E-state index contributed by atoms with van der Waals surface area (Å²) < 4.78 is 10.6. The molecule has 0 unspecified atom stereocenters. The highest BCUT2D eigenvalue weighted by molar-refractivity contribution is 6.04. The Labute approximate surface area is 135 Å². The molecule has 0 saturated carbocycles. The molecule has 0 fully saturated rings. The van der Waals surface area contributed by atoms with Gasteiger partial charge in [0.15, 0.2) is 11.5 Å². The number of rotatable bonds is 4. The van der Waals surface area contributed by atoms with Gasteiger partial charge in [0.05, 0.1) is 26.0 Å². The van der Waals surface area contributed by atoms with Crippen molar-refractivity contribution in [1.29, 1.82) is 0 Å². The van der Waals surface area contributed by atoms with Crippen molar-refractivity contribution < 1.29 is 14.6 Å². The first-order valence-electron chi connectivity index (χ1n) is 7.46. The topological polar surface area (TPSA) is 63.1 Å². The van der Waals surface area contributed by atoms with Gasteiger partial charge in [-0.05, 0) is 36.8 Å². The monoisotopic (exact) mass is 312 g/mol. The van der Waals surface area contributed by atoms with Crippen molar-refractivity contribution in [2.24, 2.45) is 5.10 Å². The number of benzene rings is 2. The fraction of sp³-hybridized carbons (Fsp3) is 0.278. The minimum Gasteiger partial charge on any atom is -0.507 e. The summed E-state index contributed by atoms with van der Waals surface area (Å²) in [6, 6.07) is 11.4. The predicted molar refractivity (Wildman–Crippen MR) is 89.4 cm³/mol. The number of hydrogen-bond acceptors (Lipinski definition) is 5. The van der Waals surface area contributed by atoms with Crippen molar-refractivity contribution in [1.82, 2.24) is 5.43 Å². The number of phenolic OH excluding ortho intramolecular Hbond substituents is 1. The molecule has 0 radical (unpaired) electrons. The third kappa shape index (κ3) is 2.95. The summed E-state index contributed by atoms with van der Waals surface area (Å²) in [7, 11) is 3.24. The van der Waals surface area contributed by atoms with Crippen molar-refractivity contribution in [3.8, 4) is 17.2 Å². The number of ether oxygens (including phenoxy) is 2. The molecular formula is C18H20N2O3. The van der Waals surface area contributed by atoms with E-state index in [0.717, 1.165) is 22.4 Å². The van der Waals surface area contributed by atoms with E-state index < -0.39 is 0 Å². The Kier molecular flexibility index (Phi) is 4.10. The lowest BCUT2D eigenvalue weighted by molar-refractivity contribution is 0.354. The highest BCUT2D eigenvalue weighted by Crippen LogP contribution is 2.34. The molecule has 0 spiro atoms. The lowest BCUT2D eigenvalue weighted by Crippen LogP contribution is -2.10. The summed E-state index contributed by atoms with van der Waals surface area (Å²) in [4.78, 5) is 0. The highest BCUT2D eigenvalue weighted by Gasteiger charge is 2.24. The van der Waals surface area contributed by atoms with E-state index >= 15 is 0 Å². The normalized spacial score (nSPS) is 16.7. The quantitative estimate of drug-likeness (QED) is 0.910. The minimum atomic E-state index is 0.0460. The van der Waals surface area contributed by atoms with Crippen molar-refractivity contribution in [2.45, 2.75) is 19.4 Å². The van der Waals surface area contributed by atoms with Crippen LogP contribution in [0.1, 0.15) is 29.2 Å². The van der Waals surface area contributed by atoms with E-state index in [1.54, 1.807) is 20.3 Å². The second-order valence-electron chi connectivity index (χ2n) is 5.58. The Hall–Kier alpha value is -2.69. The van der Waals surface area contributed by atoms with Gasteiger partial charge in [0.2, 0.25) is 0 Å². The van der Waals surface area contributed by atoms with Crippen molar-refractivity contribution in [3.05, 3.63) is 53.1 Å². The summed E-state index contributed by atoms with van der Waals surface area (Å²) >= 11 is 0. The van der Waals surface area contributed by atoms with E-state index in [-0.39, 0.29) is 11.8 Å². The first kappa shape index (κ1) is 15.2. The van der Waals surface area contributed by atoms with Crippen molar-refractivity contribution in [2.75, 3.05) is 14.2 Å². The number of aryl methyl sites for hydroxylation is 1. The molecule has 1 aliphatic rings. The molecule has 0 bridgehead atoms. The van der Waals surface area contributed by atoms with Gasteiger partial charge in [-0.25, -0.2) is 0 Å². The van der Waals surface area contributed by atoms with Crippen molar-refractivity contribution >= 4 is 5.71 Å². The number of methoxy groups -OCH3 is 2. The van der Waals surface area contributed by atoms with E-state index in [2.05, 4.69) is 10.5 Å². The Morgan fingerprint density at radius 3 is 2.61 bits per heavy atom. The van der Waals surface area contributed by atoms with Gasteiger partial charge in [-0.1, -0.05) is 17.7 Å². The summed E-state index contributed by atoms with van der Waals surface area (Å²) in [5.74, 6) is 1.65. The summed E-state index contributed by atoms with van der Waals surface area (Å²) in [5.41, 5.74) is 6.92. The molecule has 23 heavy (non-hydrogen) atoms. The second kappa shape index (κ2) is 6.20. The molecule has 3 rings (SSSR count). The molecule has 1 heterocycles. The van der Waals surface area contributed by atoms with E-state index in [0.29, 0.717) is 17.9 Å². The molecule has 2 N–H and O–H groups in total. The SMILES string of the molecule is COc1ccc([C@H]2CC(c3cc(C)ccc3O)=NN2)cc1OC. The molecule has 120 valence electrons. The van der Waals surface area contributed by atoms with Gasteiger partial charge in [-0.3, -0.25) is 0 Å². The molecule has 5 heteroatoms. The molecule has 1 atom stereocenters. The van der Waals surface area contributed by atoms with E-state index in [4.69, 9.17) is 9.47 Å². The maximum atomic E-state index is 10.1. The average molecular weight is 312 g/mol. The van der Waals surface area contributed by atoms with Crippen LogP contribution in [0.4, 0.5) is 0 Å². The van der Waals surface area contributed by atoms with Crippen LogP contribution in [0.5, 0.6) is 17.2 Å².